The third-order valence-corrected chi connectivity index (χ3v) is 3.29. The lowest BCUT2D eigenvalue weighted by atomic mass is 10.0. The molecule has 0 aliphatic heterocycles. The lowest BCUT2D eigenvalue weighted by Crippen LogP contribution is -2.41. The summed E-state index contributed by atoms with van der Waals surface area (Å²) in [7, 11) is 0. The van der Waals surface area contributed by atoms with E-state index in [1.807, 2.05) is 0 Å². The Kier molecular flexibility index (Phi) is 4.07. The second-order valence-corrected chi connectivity index (χ2v) is 4.84. The Morgan fingerprint density at radius 2 is 2.24 bits per heavy atom. The molecule has 5 nitrogen and oxygen atoms in total. The number of aryl methyl sites for hydroxylation is 1. The Hall–Kier alpha value is -2.63. The number of nitrogens with two attached hydrogens (primary N) is 1. The first kappa shape index (κ1) is 14.8. The molecule has 21 heavy (non-hydrogen) atoms. The SMILES string of the molecule is C=CNC(Cc1cc2cc(C)c(F)cc2[nH]c1=O)C(N)=O. The molecule has 0 saturated heterocycles. The number of hydrogen-bond donors (Lipinski definition) is 3. The summed E-state index contributed by atoms with van der Waals surface area (Å²) in [5.41, 5.74) is 6.19. The van der Waals surface area contributed by atoms with Gasteiger partial charge in [0, 0.05) is 12.0 Å². The van der Waals surface area contributed by atoms with Crippen LogP contribution in [0.1, 0.15) is 11.1 Å². The Labute approximate surface area is 120 Å². The van der Waals surface area contributed by atoms with Crippen LogP contribution in [0.5, 0.6) is 0 Å². The highest BCUT2D eigenvalue weighted by Crippen LogP contribution is 2.17. The van der Waals surface area contributed by atoms with E-state index in [9.17, 15) is 14.0 Å². The summed E-state index contributed by atoms with van der Waals surface area (Å²) < 4.78 is 13.5. The molecule has 1 atom stereocenters. The average Bonchev–Trinajstić information content (AvgIpc) is 2.41. The number of halogens is 1. The predicted molar refractivity (Wildman–Crippen MR) is 79.3 cm³/mol. The van der Waals surface area contributed by atoms with Crippen molar-refractivity contribution in [2.75, 3.05) is 0 Å². The van der Waals surface area contributed by atoms with Crippen LogP contribution in [-0.2, 0) is 11.2 Å². The molecule has 110 valence electrons. The number of pyridine rings is 1. The molecule has 2 rings (SSSR count). The zero-order valence-corrected chi connectivity index (χ0v) is 11.6. The fourth-order valence-corrected chi connectivity index (χ4v) is 2.14. The van der Waals surface area contributed by atoms with Crippen molar-refractivity contribution in [2.45, 2.75) is 19.4 Å². The van der Waals surface area contributed by atoms with Crippen molar-refractivity contribution >= 4 is 16.8 Å². The van der Waals surface area contributed by atoms with Crippen LogP contribution in [0.15, 0.2) is 35.8 Å². The number of rotatable bonds is 5. The largest absolute Gasteiger partial charge is 0.380 e. The summed E-state index contributed by atoms with van der Waals surface area (Å²) in [4.78, 5) is 25.9. The van der Waals surface area contributed by atoms with Crippen molar-refractivity contribution in [3.63, 3.8) is 0 Å². The predicted octanol–water partition coefficient (Wildman–Crippen LogP) is 1.11. The number of nitrogens with one attached hydrogen (secondary N) is 2. The number of primary amides is 1. The number of amides is 1. The first-order valence-electron chi connectivity index (χ1n) is 6.40. The first-order valence-corrected chi connectivity index (χ1v) is 6.40. The standard InChI is InChI=1S/C15H16FN3O2/c1-3-18-13(14(17)20)6-10-5-9-4-8(2)11(16)7-12(9)19-15(10)21/h3-5,7,13,18H,1,6H2,2H3,(H2,17,20)(H,19,21). The van der Waals surface area contributed by atoms with Crippen molar-refractivity contribution in [1.82, 2.24) is 10.3 Å². The van der Waals surface area contributed by atoms with Crippen molar-refractivity contribution in [3.05, 3.63) is 58.3 Å². The second-order valence-electron chi connectivity index (χ2n) is 4.84. The smallest absolute Gasteiger partial charge is 0.251 e. The van der Waals surface area contributed by atoms with Gasteiger partial charge in [-0.2, -0.15) is 0 Å². The molecule has 0 aliphatic carbocycles. The number of H-pyrrole nitrogens is 1. The van der Waals surface area contributed by atoms with Gasteiger partial charge >= 0.3 is 0 Å². The van der Waals surface area contributed by atoms with Crippen LogP contribution in [0.3, 0.4) is 0 Å². The van der Waals surface area contributed by atoms with E-state index in [1.165, 1.54) is 12.3 Å². The molecule has 1 unspecified atom stereocenters. The average molecular weight is 289 g/mol. The van der Waals surface area contributed by atoms with Gasteiger partial charge in [-0.15, -0.1) is 0 Å². The number of fused-ring (bicyclic) bond motifs is 1. The van der Waals surface area contributed by atoms with Gasteiger partial charge in [0.2, 0.25) is 5.91 Å². The summed E-state index contributed by atoms with van der Waals surface area (Å²) >= 11 is 0. The van der Waals surface area contributed by atoms with Crippen LogP contribution < -0.4 is 16.6 Å². The topological polar surface area (TPSA) is 88.0 Å². The summed E-state index contributed by atoms with van der Waals surface area (Å²) in [6.07, 6.45) is 1.48. The van der Waals surface area contributed by atoms with E-state index in [2.05, 4.69) is 16.9 Å². The number of aromatic nitrogens is 1. The third kappa shape index (κ3) is 3.10. The minimum absolute atomic E-state index is 0.128. The van der Waals surface area contributed by atoms with E-state index in [1.54, 1.807) is 19.1 Å². The molecule has 0 fully saturated rings. The van der Waals surface area contributed by atoms with Gasteiger partial charge < -0.3 is 16.0 Å². The van der Waals surface area contributed by atoms with Gasteiger partial charge in [0.1, 0.15) is 11.9 Å². The number of aromatic amines is 1. The molecule has 0 saturated carbocycles. The molecular weight excluding hydrogens is 273 g/mol. The molecule has 6 heteroatoms. The van der Waals surface area contributed by atoms with Crippen LogP contribution in [-0.4, -0.2) is 16.9 Å². The molecule has 4 N–H and O–H groups in total. The minimum Gasteiger partial charge on any atom is -0.380 e. The summed E-state index contributed by atoms with van der Waals surface area (Å²) in [5, 5.41) is 3.40. The van der Waals surface area contributed by atoms with Gasteiger partial charge in [-0.1, -0.05) is 6.58 Å². The Bertz CT molecular complexity index is 767. The molecule has 1 aromatic heterocycles. The maximum atomic E-state index is 13.5. The summed E-state index contributed by atoms with van der Waals surface area (Å²) in [5.74, 6) is -0.959. The fraction of sp³-hybridized carbons (Fsp3) is 0.200. The second kappa shape index (κ2) is 5.78. The van der Waals surface area contributed by atoms with Crippen molar-refractivity contribution in [2.24, 2.45) is 5.73 Å². The molecule has 2 aromatic rings. The van der Waals surface area contributed by atoms with Gasteiger partial charge in [-0.25, -0.2) is 4.39 Å². The summed E-state index contributed by atoms with van der Waals surface area (Å²) in [6, 6.07) is 3.84. The number of benzene rings is 1. The third-order valence-electron chi connectivity index (χ3n) is 3.29. The van der Waals surface area contributed by atoms with E-state index in [-0.39, 0.29) is 17.8 Å². The van der Waals surface area contributed by atoms with Crippen LogP contribution in [0, 0.1) is 12.7 Å². The maximum Gasteiger partial charge on any atom is 0.251 e. The molecule has 1 amide bonds. The highest BCUT2D eigenvalue weighted by atomic mass is 19.1. The van der Waals surface area contributed by atoms with E-state index in [0.717, 1.165) is 0 Å². The highest BCUT2D eigenvalue weighted by molar-refractivity contribution is 5.82. The quantitative estimate of drug-likeness (QED) is 0.770. The van der Waals surface area contributed by atoms with Crippen LogP contribution >= 0.6 is 0 Å². The Balaban J connectivity index is 2.47. The minimum atomic E-state index is -0.720. The van der Waals surface area contributed by atoms with Crippen molar-refractivity contribution < 1.29 is 9.18 Å². The van der Waals surface area contributed by atoms with Crippen molar-refractivity contribution in [1.29, 1.82) is 0 Å². The van der Waals surface area contributed by atoms with E-state index < -0.39 is 11.9 Å². The first-order chi connectivity index (χ1) is 9.92. The van der Waals surface area contributed by atoms with Crippen LogP contribution in [0.4, 0.5) is 4.39 Å². The monoisotopic (exact) mass is 289 g/mol. The van der Waals surface area contributed by atoms with E-state index >= 15 is 0 Å². The molecule has 0 radical (unpaired) electrons. The molecule has 0 spiro atoms. The molecule has 1 aromatic carbocycles. The lowest BCUT2D eigenvalue weighted by molar-refractivity contribution is -0.119. The number of carbonyl (C=O) groups is 1. The maximum absolute atomic E-state index is 13.5. The summed E-state index contributed by atoms with van der Waals surface area (Å²) in [6.45, 7) is 5.12. The fourth-order valence-electron chi connectivity index (χ4n) is 2.14. The van der Waals surface area contributed by atoms with Crippen LogP contribution in [0.25, 0.3) is 10.9 Å². The van der Waals surface area contributed by atoms with E-state index in [0.29, 0.717) is 22.0 Å². The lowest BCUT2D eigenvalue weighted by Gasteiger charge is -2.13. The van der Waals surface area contributed by atoms with Crippen molar-refractivity contribution in [3.8, 4) is 0 Å². The molecule has 0 aliphatic rings. The van der Waals surface area contributed by atoms with Gasteiger partial charge in [0.25, 0.3) is 5.56 Å². The Morgan fingerprint density at radius 1 is 1.52 bits per heavy atom. The van der Waals surface area contributed by atoms with E-state index in [4.69, 9.17) is 5.73 Å². The van der Waals surface area contributed by atoms with Gasteiger partial charge in [-0.3, -0.25) is 9.59 Å². The normalized spacial score (nSPS) is 12.1. The highest BCUT2D eigenvalue weighted by Gasteiger charge is 2.16. The Morgan fingerprint density at radius 3 is 2.86 bits per heavy atom. The zero-order chi connectivity index (χ0) is 15.6. The zero-order valence-electron chi connectivity index (χ0n) is 11.6. The van der Waals surface area contributed by atoms with Gasteiger partial charge in [-0.05, 0) is 42.3 Å². The number of hydrogen-bond acceptors (Lipinski definition) is 3. The van der Waals surface area contributed by atoms with Gasteiger partial charge in [0.15, 0.2) is 0 Å². The van der Waals surface area contributed by atoms with Gasteiger partial charge in [0.05, 0.1) is 5.52 Å². The molecule has 0 bridgehead atoms. The molecule has 1 heterocycles. The number of carbonyl (C=O) groups excluding carboxylic acids is 1. The molecular formula is C15H16FN3O2. The van der Waals surface area contributed by atoms with Crippen LogP contribution in [0.2, 0.25) is 0 Å².